The molecule has 0 saturated heterocycles. The lowest BCUT2D eigenvalue weighted by Crippen LogP contribution is -2.21. The lowest BCUT2D eigenvalue weighted by molar-refractivity contribution is -0.139. The lowest BCUT2D eigenvalue weighted by Gasteiger charge is -2.18. The van der Waals surface area contributed by atoms with Crippen molar-refractivity contribution in [2.75, 3.05) is 18.2 Å². The molecule has 0 aliphatic rings. The van der Waals surface area contributed by atoms with Gasteiger partial charge in [0.05, 0.1) is 0 Å². The van der Waals surface area contributed by atoms with E-state index in [0.717, 1.165) is 0 Å². The van der Waals surface area contributed by atoms with Crippen LogP contribution >= 0.6 is 11.8 Å². The lowest BCUT2D eigenvalue weighted by atomic mass is 10.1. The maximum absolute atomic E-state index is 11.7. The summed E-state index contributed by atoms with van der Waals surface area (Å²) in [7, 11) is 0. The summed E-state index contributed by atoms with van der Waals surface area (Å²) < 4.78 is 5.22. The molecule has 9 heteroatoms. The first-order valence-electron chi connectivity index (χ1n) is 7.78. The van der Waals surface area contributed by atoms with Crippen LogP contribution in [-0.4, -0.2) is 40.8 Å². The van der Waals surface area contributed by atoms with Gasteiger partial charge in [0.1, 0.15) is 11.6 Å². The predicted octanol–water partition coefficient (Wildman–Crippen LogP) is 2.39. The highest BCUT2D eigenvalue weighted by Crippen LogP contribution is 2.32. The Bertz CT molecular complexity index is 855. The van der Waals surface area contributed by atoms with Crippen LogP contribution < -0.4 is 15.8 Å². The molecule has 1 atom stereocenters. The van der Waals surface area contributed by atoms with Gasteiger partial charge in [-0.05, 0) is 48.2 Å². The van der Waals surface area contributed by atoms with Gasteiger partial charge in [-0.2, -0.15) is 0 Å². The van der Waals surface area contributed by atoms with Crippen LogP contribution in [0.15, 0.2) is 47.4 Å². The largest absolute Gasteiger partial charge is 0.481 e. The zero-order valence-electron chi connectivity index (χ0n) is 14.4. The maximum atomic E-state index is 11.7. The minimum absolute atomic E-state index is 0.0714. The van der Waals surface area contributed by atoms with Gasteiger partial charge in [0.2, 0.25) is 0 Å². The Morgan fingerprint density at radius 3 is 2.41 bits per heavy atom. The second-order valence-electron chi connectivity index (χ2n) is 5.50. The van der Waals surface area contributed by atoms with Gasteiger partial charge < -0.3 is 26.0 Å². The number of rotatable bonds is 9. The Balaban J connectivity index is 2.26. The highest BCUT2D eigenvalue weighted by molar-refractivity contribution is 7.98. The summed E-state index contributed by atoms with van der Waals surface area (Å²) >= 11 is 1.33. The van der Waals surface area contributed by atoms with E-state index in [1.54, 1.807) is 48.7 Å². The first-order valence-corrected chi connectivity index (χ1v) is 9.00. The summed E-state index contributed by atoms with van der Waals surface area (Å²) in [6.45, 7) is -0.476. The van der Waals surface area contributed by atoms with E-state index >= 15 is 0 Å². The van der Waals surface area contributed by atoms with Crippen molar-refractivity contribution in [3.8, 4) is 5.75 Å². The number of hydrogen-bond acceptors (Lipinski definition) is 6. The highest BCUT2D eigenvalue weighted by Gasteiger charge is 2.21. The van der Waals surface area contributed by atoms with Crippen molar-refractivity contribution in [3.05, 3.63) is 53.6 Å². The van der Waals surface area contributed by atoms with Crippen LogP contribution in [0.25, 0.3) is 0 Å². The van der Waals surface area contributed by atoms with Crippen LogP contribution in [-0.2, 0) is 9.59 Å². The summed E-state index contributed by atoms with van der Waals surface area (Å²) in [6, 6.07) is 10.3. The fourth-order valence-electron chi connectivity index (χ4n) is 2.32. The van der Waals surface area contributed by atoms with Crippen LogP contribution in [0.5, 0.6) is 5.75 Å². The smallest absolute Gasteiger partial charge is 0.341 e. The van der Waals surface area contributed by atoms with Gasteiger partial charge in [-0.3, -0.25) is 5.41 Å². The number of amidine groups is 1. The molecule has 0 aromatic heterocycles. The summed E-state index contributed by atoms with van der Waals surface area (Å²) in [4.78, 5) is 23.0. The van der Waals surface area contributed by atoms with Crippen LogP contribution in [0.1, 0.15) is 17.2 Å². The van der Waals surface area contributed by atoms with E-state index in [1.165, 1.54) is 11.8 Å². The van der Waals surface area contributed by atoms with Gasteiger partial charge in [-0.25, -0.2) is 9.59 Å². The number of hydrogen-bond donors (Lipinski definition) is 5. The van der Waals surface area contributed by atoms with Gasteiger partial charge in [0, 0.05) is 16.1 Å². The topological polar surface area (TPSA) is 146 Å². The minimum Gasteiger partial charge on any atom is -0.481 e. The Morgan fingerprint density at radius 1 is 1.22 bits per heavy atom. The Kier molecular flexibility index (Phi) is 6.67. The van der Waals surface area contributed by atoms with Gasteiger partial charge >= 0.3 is 11.9 Å². The average molecular weight is 389 g/mol. The number of carbonyl (C=O) groups is 2. The molecule has 0 saturated carbocycles. The quantitative estimate of drug-likeness (QED) is 0.250. The molecule has 0 spiro atoms. The monoisotopic (exact) mass is 389 g/mol. The molecule has 0 fully saturated rings. The van der Waals surface area contributed by atoms with Crippen molar-refractivity contribution < 1.29 is 24.5 Å². The van der Waals surface area contributed by atoms with Gasteiger partial charge in [0.25, 0.3) is 0 Å². The molecule has 0 bridgehead atoms. The van der Waals surface area contributed by atoms with Crippen molar-refractivity contribution in [2.45, 2.75) is 10.9 Å². The molecule has 2 rings (SSSR count). The van der Waals surface area contributed by atoms with E-state index < -0.39 is 24.6 Å². The second kappa shape index (κ2) is 8.95. The molecular formula is C18H19N3O5S. The standard InChI is InChI=1S/C18H19N3O5S/c1-27-14-8-11(4-7-13(14)26-9-15(22)23)16(18(24)25)21-12-5-2-10(3-6-12)17(19)20/h2-8,16,21H,9H2,1H3,(H3,19,20)(H,22,23)(H,24,25). The Morgan fingerprint density at radius 2 is 1.89 bits per heavy atom. The number of nitrogens with one attached hydrogen (secondary N) is 2. The predicted molar refractivity (Wildman–Crippen MR) is 103 cm³/mol. The van der Waals surface area contributed by atoms with Crippen molar-refractivity contribution in [3.63, 3.8) is 0 Å². The molecule has 2 aromatic rings. The van der Waals surface area contributed by atoms with E-state index in [4.69, 9.17) is 21.0 Å². The number of aliphatic carboxylic acids is 2. The molecular weight excluding hydrogens is 370 g/mol. The van der Waals surface area contributed by atoms with E-state index in [2.05, 4.69) is 5.32 Å². The third-order valence-electron chi connectivity index (χ3n) is 3.63. The number of anilines is 1. The minimum atomic E-state index is -1.09. The number of nitrogens with two attached hydrogens (primary N) is 1. The highest BCUT2D eigenvalue weighted by atomic mass is 32.2. The fraction of sp³-hybridized carbons (Fsp3) is 0.167. The van der Waals surface area contributed by atoms with Crippen LogP contribution in [0.4, 0.5) is 5.69 Å². The number of thioether (sulfide) groups is 1. The van der Waals surface area contributed by atoms with Crippen molar-refractivity contribution in [2.24, 2.45) is 5.73 Å². The molecule has 27 heavy (non-hydrogen) atoms. The van der Waals surface area contributed by atoms with Gasteiger partial charge in [-0.15, -0.1) is 11.8 Å². The van der Waals surface area contributed by atoms with Crippen LogP contribution in [0, 0.1) is 5.41 Å². The van der Waals surface area contributed by atoms with Crippen molar-refractivity contribution in [1.82, 2.24) is 0 Å². The first kappa shape index (κ1) is 20.1. The molecule has 2 aromatic carbocycles. The molecule has 0 amide bonds. The van der Waals surface area contributed by atoms with Gasteiger partial charge in [-0.1, -0.05) is 6.07 Å². The Hall–Kier alpha value is -3.20. The summed E-state index contributed by atoms with van der Waals surface area (Å²) in [5.74, 6) is -1.86. The number of nitrogen functional groups attached to an aromatic ring is 1. The van der Waals surface area contributed by atoms with Crippen LogP contribution in [0.3, 0.4) is 0 Å². The summed E-state index contributed by atoms with van der Waals surface area (Å²) in [6.07, 6.45) is 1.79. The van der Waals surface area contributed by atoms with Crippen molar-refractivity contribution in [1.29, 1.82) is 5.41 Å². The number of ether oxygens (including phenoxy) is 1. The maximum Gasteiger partial charge on any atom is 0.341 e. The van der Waals surface area contributed by atoms with E-state index in [-0.39, 0.29) is 5.84 Å². The third-order valence-corrected chi connectivity index (χ3v) is 4.38. The third kappa shape index (κ3) is 5.38. The van der Waals surface area contributed by atoms with E-state index in [9.17, 15) is 14.7 Å². The van der Waals surface area contributed by atoms with Crippen LogP contribution in [0.2, 0.25) is 0 Å². The molecule has 1 unspecified atom stereocenters. The fourth-order valence-corrected chi connectivity index (χ4v) is 2.90. The summed E-state index contributed by atoms with van der Waals surface area (Å²) in [5.41, 5.74) is 7.00. The van der Waals surface area contributed by atoms with E-state index in [0.29, 0.717) is 27.5 Å². The molecule has 0 heterocycles. The first-order chi connectivity index (χ1) is 12.8. The molecule has 0 aliphatic carbocycles. The molecule has 0 radical (unpaired) electrons. The van der Waals surface area contributed by atoms with Crippen molar-refractivity contribution >= 4 is 35.2 Å². The number of carboxylic acids is 2. The molecule has 8 nitrogen and oxygen atoms in total. The number of carboxylic acid groups (broad SMARTS) is 2. The van der Waals surface area contributed by atoms with E-state index in [1.807, 2.05) is 0 Å². The average Bonchev–Trinajstić information content (AvgIpc) is 2.64. The zero-order chi connectivity index (χ0) is 20.0. The SMILES string of the molecule is CSc1cc(C(Nc2ccc(C(=N)N)cc2)C(=O)O)ccc1OCC(=O)O. The molecule has 6 N–H and O–H groups in total. The molecule has 0 aliphatic heterocycles. The zero-order valence-corrected chi connectivity index (χ0v) is 15.2. The normalized spacial score (nSPS) is 11.4. The molecule has 142 valence electrons. The second-order valence-corrected chi connectivity index (χ2v) is 6.35. The Labute approximate surface area is 159 Å². The van der Waals surface area contributed by atoms with Gasteiger partial charge in [0.15, 0.2) is 12.6 Å². The summed E-state index contributed by atoms with van der Waals surface area (Å²) in [5, 5.41) is 28.7. The number of benzene rings is 2.